The number of thioether (sulfide) groups is 1. The Morgan fingerprint density at radius 3 is 2.49 bits per heavy atom. The number of aromatic nitrogens is 1. The van der Waals surface area contributed by atoms with Gasteiger partial charge < -0.3 is 15.0 Å². The van der Waals surface area contributed by atoms with Crippen molar-refractivity contribution in [2.24, 2.45) is 5.92 Å². The maximum atomic E-state index is 13.7. The number of hydrogen-bond donors (Lipinski definition) is 2. The normalized spacial score (nSPS) is 19.9. The third-order valence-corrected chi connectivity index (χ3v) is 9.15. The summed E-state index contributed by atoms with van der Waals surface area (Å²) in [6.07, 6.45) is 0. The number of nitrogens with zero attached hydrogens (tertiary/aromatic N) is 1. The van der Waals surface area contributed by atoms with E-state index in [1.807, 2.05) is 49.4 Å². The number of para-hydroxylation sites is 1. The van der Waals surface area contributed by atoms with Crippen LogP contribution in [0.1, 0.15) is 21.9 Å². The minimum Gasteiger partial charge on any atom is -0.484 e. The van der Waals surface area contributed by atoms with Gasteiger partial charge in [0.15, 0.2) is 6.61 Å². The highest BCUT2D eigenvalue weighted by atomic mass is 32.2. The van der Waals surface area contributed by atoms with Gasteiger partial charge in [0.2, 0.25) is 11.8 Å². The Bertz CT molecular complexity index is 1630. The molecule has 10 heteroatoms. The fraction of sp³-hybridized carbons (Fsp3) is 0.172. The van der Waals surface area contributed by atoms with Crippen LogP contribution in [0.15, 0.2) is 88.7 Å². The molecule has 0 radical (unpaired) electrons. The van der Waals surface area contributed by atoms with E-state index in [4.69, 9.17) is 4.74 Å². The largest absolute Gasteiger partial charge is 0.484 e. The van der Waals surface area contributed by atoms with Crippen molar-refractivity contribution in [1.82, 2.24) is 4.98 Å². The van der Waals surface area contributed by atoms with Crippen molar-refractivity contribution in [3.8, 4) is 5.75 Å². The number of fused-ring (bicyclic) bond motifs is 2. The lowest BCUT2D eigenvalue weighted by atomic mass is 9.83. The first-order chi connectivity index (χ1) is 18.9. The van der Waals surface area contributed by atoms with Crippen LogP contribution in [-0.2, 0) is 14.4 Å². The van der Waals surface area contributed by atoms with Crippen LogP contribution in [0.25, 0.3) is 0 Å². The van der Waals surface area contributed by atoms with E-state index in [2.05, 4.69) is 10.3 Å². The molecule has 4 aromatic rings. The Morgan fingerprint density at radius 2 is 1.74 bits per heavy atom. The molecule has 3 aromatic carbocycles. The molecular formula is C29H23N3O5S2. The molecule has 0 bridgehead atoms. The molecule has 0 spiro atoms. The smallest absolute Gasteiger partial charge is 0.305 e. The number of carbonyl (C=O) groups is 3. The highest BCUT2D eigenvalue weighted by Gasteiger charge is 2.56. The van der Waals surface area contributed by atoms with Gasteiger partial charge in [-0.25, -0.2) is 4.90 Å². The number of amides is 3. The van der Waals surface area contributed by atoms with Crippen molar-refractivity contribution in [3.63, 3.8) is 0 Å². The van der Waals surface area contributed by atoms with E-state index >= 15 is 0 Å². The number of aryl methyl sites for hydroxylation is 1. The highest BCUT2D eigenvalue weighted by Crippen LogP contribution is 2.53. The van der Waals surface area contributed by atoms with Crippen LogP contribution in [-0.4, -0.2) is 34.6 Å². The Hall–Kier alpha value is -4.15. The van der Waals surface area contributed by atoms with Crippen LogP contribution >= 0.6 is 23.1 Å². The minimum absolute atomic E-state index is 0.166. The Labute approximate surface area is 232 Å². The van der Waals surface area contributed by atoms with Crippen molar-refractivity contribution in [2.45, 2.75) is 23.1 Å². The molecule has 3 atom stereocenters. The van der Waals surface area contributed by atoms with Crippen LogP contribution in [0.4, 0.5) is 11.4 Å². The topological polar surface area (TPSA) is 109 Å². The maximum Gasteiger partial charge on any atom is 0.305 e. The van der Waals surface area contributed by atoms with Crippen molar-refractivity contribution < 1.29 is 19.1 Å². The molecule has 1 fully saturated rings. The minimum atomic E-state index is -0.659. The lowest BCUT2D eigenvalue weighted by Gasteiger charge is -2.29. The molecule has 3 heterocycles. The van der Waals surface area contributed by atoms with Crippen molar-refractivity contribution >= 4 is 52.2 Å². The van der Waals surface area contributed by atoms with E-state index in [-0.39, 0.29) is 29.2 Å². The molecule has 2 aliphatic rings. The number of thiazole rings is 1. The van der Waals surface area contributed by atoms with E-state index in [0.29, 0.717) is 22.2 Å². The summed E-state index contributed by atoms with van der Waals surface area (Å²) in [6, 6.07) is 23.5. The second-order valence-electron chi connectivity index (χ2n) is 9.37. The zero-order chi connectivity index (χ0) is 27.1. The fourth-order valence-electron chi connectivity index (χ4n) is 5.05. The monoisotopic (exact) mass is 557 g/mol. The number of imide groups is 1. The molecule has 39 heavy (non-hydrogen) atoms. The lowest BCUT2D eigenvalue weighted by molar-refractivity contribution is -0.122. The molecule has 1 aromatic heterocycles. The van der Waals surface area contributed by atoms with Gasteiger partial charge in [-0.2, -0.15) is 0 Å². The van der Waals surface area contributed by atoms with E-state index in [1.54, 1.807) is 36.4 Å². The molecule has 6 rings (SSSR count). The summed E-state index contributed by atoms with van der Waals surface area (Å²) in [6.45, 7) is 1.78. The molecule has 0 aliphatic carbocycles. The molecule has 8 nitrogen and oxygen atoms in total. The predicted molar refractivity (Wildman–Crippen MR) is 151 cm³/mol. The second-order valence-corrected chi connectivity index (χ2v) is 11.5. The highest BCUT2D eigenvalue weighted by molar-refractivity contribution is 8.00. The van der Waals surface area contributed by atoms with Gasteiger partial charge in [0, 0.05) is 16.5 Å². The zero-order valence-corrected chi connectivity index (χ0v) is 22.4. The molecule has 196 valence electrons. The van der Waals surface area contributed by atoms with Crippen LogP contribution in [0.2, 0.25) is 0 Å². The van der Waals surface area contributed by atoms with Crippen molar-refractivity contribution in [3.05, 3.63) is 105 Å². The van der Waals surface area contributed by atoms with Crippen LogP contribution in [0.5, 0.6) is 5.75 Å². The number of rotatable bonds is 6. The number of hydrogen-bond acceptors (Lipinski definition) is 7. The Balaban J connectivity index is 1.24. The van der Waals surface area contributed by atoms with Gasteiger partial charge in [-0.15, -0.1) is 0 Å². The van der Waals surface area contributed by atoms with Crippen LogP contribution in [0, 0.1) is 12.8 Å². The third-order valence-electron chi connectivity index (χ3n) is 6.75. The zero-order valence-electron chi connectivity index (χ0n) is 20.7. The van der Waals surface area contributed by atoms with E-state index in [9.17, 15) is 19.2 Å². The quantitative estimate of drug-likeness (QED) is 0.337. The summed E-state index contributed by atoms with van der Waals surface area (Å²) in [5.74, 6) is -1.50. The van der Waals surface area contributed by atoms with Gasteiger partial charge in [-0.05, 0) is 54.4 Å². The van der Waals surface area contributed by atoms with Gasteiger partial charge in [-0.3, -0.25) is 19.2 Å². The summed E-state index contributed by atoms with van der Waals surface area (Å²) in [5, 5.41) is 2.78. The lowest BCUT2D eigenvalue weighted by Crippen LogP contribution is -2.32. The first-order valence-electron chi connectivity index (χ1n) is 12.3. The van der Waals surface area contributed by atoms with E-state index in [1.165, 1.54) is 16.7 Å². The fourth-order valence-corrected chi connectivity index (χ4v) is 7.56. The average molecular weight is 558 g/mol. The number of nitrogens with one attached hydrogen (secondary N) is 2. The molecule has 1 saturated heterocycles. The summed E-state index contributed by atoms with van der Waals surface area (Å²) >= 11 is 2.31. The van der Waals surface area contributed by atoms with Crippen LogP contribution in [0.3, 0.4) is 0 Å². The molecule has 2 aliphatic heterocycles. The molecule has 3 amide bonds. The number of benzene rings is 3. The SMILES string of the molecule is Cc1cccc(NC(=O)COc2ccc([C@@H]3c4sc(=O)[nH]c4S[C@H]4C(=O)N(c5ccccc5)C(=O)[C@@H]34)cc2)c1. The predicted octanol–water partition coefficient (Wildman–Crippen LogP) is 4.56. The van der Waals surface area contributed by atoms with Gasteiger partial charge in [-0.1, -0.05) is 65.6 Å². The van der Waals surface area contributed by atoms with Gasteiger partial charge in [0.05, 0.1) is 16.6 Å². The Kier molecular flexibility index (Phi) is 6.58. The van der Waals surface area contributed by atoms with Crippen molar-refractivity contribution in [2.75, 3.05) is 16.8 Å². The number of H-pyrrole nitrogens is 1. The van der Waals surface area contributed by atoms with Crippen LogP contribution < -0.4 is 19.8 Å². The second kappa shape index (κ2) is 10.2. The molecule has 0 saturated carbocycles. The van der Waals surface area contributed by atoms with Gasteiger partial charge in [0.1, 0.15) is 11.0 Å². The third kappa shape index (κ3) is 4.77. The van der Waals surface area contributed by atoms with Crippen molar-refractivity contribution in [1.29, 1.82) is 0 Å². The summed E-state index contributed by atoms with van der Waals surface area (Å²) in [7, 11) is 0. The maximum absolute atomic E-state index is 13.7. The Morgan fingerprint density at radius 1 is 0.974 bits per heavy atom. The average Bonchev–Trinajstić information content (AvgIpc) is 3.42. The van der Waals surface area contributed by atoms with Gasteiger partial charge in [0.25, 0.3) is 5.91 Å². The number of aromatic amines is 1. The first kappa shape index (κ1) is 25.1. The molecule has 2 N–H and O–H groups in total. The first-order valence-corrected chi connectivity index (χ1v) is 14.0. The van der Waals surface area contributed by atoms with E-state index < -0.39 is 17.1 Å². The van der Waals surface area contributed by atoms with E-state index in [0.717, 1.165) is 27.3 Å². The van der Waals surface area contributed by atoms with Gasteiger partial charge >= 0.3 is 4.87 Å². The molecular weight excluding hydrogens is 534 g/mol. The number of carbonyl (C=O) groups excluding carboxylic acids is 3. The summed E-state index contributed by atoms with van der Waals surface area (Å²) < 4.78 is 5.69. The number of anilines is 2. The standard InChI is InChI=1S/C29H23N3O5S2/c1-16-6-5-7-18(14-16)30-21(33)15-37-20-12-10-17(11-13-20)22-23-25(38-26-24(22)39-29(36)31-26)28(35)32(27(23)34)19-8-3-2-4-9-19/h2-14,22-23,25H,15H2,1H3,(H,30,33)(H,31,36)/t22-,23-,25+/m0/s1. The molecule has 0 unspecified atom stereocenters. The number of ether oxygens (including phenoxy) is 1. The summed E-state index contributed by atoms with van der Waals surface area (Å²) in [4.78, 5) is 56.4. The summed E-state index contributed by atoms with van der Waals surface area (Å²) in [5.41, 5.74) is 3.06.